The molecule has 1 aromatic rings. The van der Waals surface area contributed by atoms with Gasteiger partial charge in [-0.05, 0) is 18.2 Å². The number of thioether (sulfide) groups is 1. The fourth-order valence-corrected chi connectivity index (χ4v) is 2.71. The number of hydrogen-bond acceptors (Lipinski definition) is 3. The van der Waals surface area contributed by atoms with E-state index < -0.39 is 11.7 Å². The maximum Gasteiger partial charge on any atom is 0.416 e. The predicted octanol–water partition coefficient (Wildman–Crippen LogP) is 2.84. The largest absolute Gasteiger partial charge is 0.416 e. The number of alkyl halides is 3. The van der Waals surface area contributed by atoms with Crippen LogP contribution in [0.15, 0.2) is 18.2 Å². The van der Waals surface area contributed by atoms with Gasteiger partial charge < -0.3 is 10.6 Å². The fraction of sp³-hybridized carbons (Fsp3) is 0.455. The molecule has 1 aromatic carbocycles. The molecule has 0 aromatic heterocycles. The van der Waals surface area contributed by atoms with Crippen LogP contribution in [0.1, 0.15) is 5.56 Å². The Labute approximate surface area is 102 Å². The van der Waals surface area contributed by atoms with Crippen molar-refractivity contribution in [3.05, 3.63) is 23.8 Å². The molecule has 94 valence electrons. The third-order valence-electron chi connectivity index (χ3n) is 2.64. The van der Waals surface area contributed by atoms with E-state index in [1.807, 2.05) is 16.7 Å². The molecular formula is C11H13F3N2S. The molecule has 2 nitrogen and oxygen atoms in total. The summed E-state index contributed by atoms with van der Waals surface area (Å²) in [6.45, 7) is 1.54. The van der Waals surface area contributed by atoms with Crippen LogP contribution in [0.25, 0.3) is 0 Å². The first-order valence-corrected chi connectivity index (χ1v) is 6.43. The summed E-state index contributed by atoms with van der Waals surface area (Å²) in [7, 11) is 0. The number of hydrogen-bond donors (Lipinski definition) is 1. The molecule has 1 aliphatic heterocycles. The highest BCUT2D eigenvalue weighted by Crippen LogP contribution is 2.34. The zero-order chi connectivity index (χ0) is 12.5. The van der Waals surface area contributed by atoms with Gasteiger partial charge in [-0.1, -0.05) is 0 Å². The van der Waals surface area contributed by atoms with Crippen molar-refractivity contribution in [1.29, 1.82) is 0 Å². The number of anilines is 2. The monoisotopic (exact) mass is 262 g/mol. The third kappa shape index (κ3) is 3.00. The topological polar surface area (TPSA) is 29.3 Å². The van der Waals surface area contributed by atoms with E-state index in [4.69, 9.17) is 5.73 Å². The zero-order valence-electron chi connectivity index (χ0n) is 9.13. The highest BCUT2D eigenvalue weighted by molar-refractivity contribution is 7.99. The highest BCUT2D eigenvalue weighted by atomic mass is 32.2. The van der Waals surface area contributed by atoms with Gasteiger partial charge in [0.25, 0.3) is 0 Å². The average molecular weight is 262 g/mol. The zero-order valence-corrected chi connectivity index (χ0v) is 9.94. The first kappa shape index (κ1) is 12.4. The van der Waals surface area contributed by atoms with Crippen molar-refractivity contribution in [2.24, 2.45) is 0 Å². The number of benzene rings is 1. The van der Waals surface area contributed by atoms with Crippen LogP contribution >= 0.6 is 11.8 Å². The summed E-state index contributed by atoms with van der Waals surface area (Å²) in [4.78, 5) is 1.95. The summed E-state index contributed by atoms with van der Waals surface area (Å²) in [5.74, 6) is 1.88. The number of halogens is 3. The molecule has 0 spiro atoms. The molecule has 1 aliphatic rings. The van der Waals surface area contributed by atoms with E-state index in [1.54, 1.807) is 6.07 Å². The van der Waals surface area contributed by atoms with Crippen molar-refractivity contribution in [3.8, 4) is 0 Å². The molecule has 1 saturated heterocycles. The van der Waals surface area contributed by atoms with Crippen LogP contribution in [0, 0.1) is 0 Å². The Balaban J connectivity index is 2.31. The molecular weight excluding hydrogens is 249 g/mol. The predicted molar refractivity (Wildman–Crippen MR) is 65.4 cm³/mol. The summed E-state index contributed by atoms with van der Waals surface area (Å²) in [6.07, 6.45) is -4.34. The van der Waals surface area contributed by atoms with Crippen molar-refractivity contribution in [1.82, 2.24) is 0 Å². The van der Waals surface area contributed by atoms with E-state index in [-0.39, 0.29) is 5.69 Å². The molecule has 1 fully saturated rings. The van der Waals surface area contributed by atoms with Crippen LogP contribution in [0.5, 0.6) is 0 Å². The number of nitrogens with two attached hydrogens (primary N) is 1. The average Bonchev–Trinajstić information content (AvgIpc) is 2.28. The Kier molecular flexibility index (Phi) is 3.42. The second-order valence-electron chi connectivity index (χ2n) is 3.91. The van der Waals surface area contributed by atoms with Crippen LogP contribution in [0.2, 0.25) is 0 Å². The lowest BCUT2D eigenvalue weighted by Crippen LogP contribution is -2.32. The number of rotatable bonds is 1. The van der Waals surface area contributed by atoms with Gasteiger partial charge >= 0.3 is 6.18 Å². The standard InChI is InChI=1S/C11H13F3N2S/c12-11(13,14)8-5-9(15)7-10(6-8)16-1-3-17-4-2-16/h5-7H,1-4,15H2. The van der Waals surface area contributed by atoms with Crippen LogP contribution in [0.3, 0.4) is 0 Å². The fourth-order valence-electron chi connectivity index (χ4n) is 1.80. The Morgan fingerprint density at radius 1 is 1.12 bits per heavy atom. The van der Waals surface area contributed by atoms with Crippen LogP contribution in [0.4, 0.5) is 24.5 Å². The number of nitrogen functional groups attached to an aromatic ring is 1. The van der Waals surface area contributed by atoms with E-state index in [0.717, 1.165) is 30.7 Å². The van der Waals surface area contributed by atoms with Gasteiger partial charge in [0.05, 0.1) is 5.56 Å². The minimum absolute atomic E-state index is 0.160. The molecule has 0 unspecified atom stereocenters. The van der Waals surface area contributed by atoms with Crippen LogP contribution in [-0.4, -0.2) is 24.6 Å². The third-order valence-corrected chi connectivity index (χ3v) is 3.59. The lowest BCUT2D eigenvalue weighted by atomic mass is 10.1. The van der Waals surface area contributed by atoms with Crippen LogP contribution in [-0.2, 0) is 6.18 Å². The summed E-state index contributed by atoms with van der Waals surface area (Å²) >= 11 is 1.81. The van der Waals surface area contributed by atoms with Gasteiger partial charge in [-0.25, -0.2) is 0 Å². The molecule has 2 N–H and O–H groups in total. The first-order valence-electron chi connectivity index (χ1n) is 5.27. The van der Waals surface area contributed by atoms with Gasteiger partial charge in [0, 0.05) is 36.0 Å². The molecule has 0 radical (unpaired) electrons. The number of nitrogens with zero attached hydrogens (tertiary/aromatic N) is 1. The van der Waals surface area contributed by atoms with Crippen molar-refractivity contribution in [2.45, 2.75) is 6.18 Å². The molecule has 17 heavy (non-hydrogen) atoms. The smallest absolute Gasteiger partial charge is 0.399 e. The molecule has 0 amide bonds. The summed E-state index contributed by atoms with van der Waals surface area (Å²) in [5, 5.41) is 0. The van der Waals surface area contributed by atoms with Gasteiger partial charge in [-0.3, -0.25) is 0 Å². The first-order chi connectivity index (χ1) is 7.97. The van der Waals surface area contributed by atoms with Crippen molar-refractivity contribution in [2.75, 3.05) is 35.2 Å². The summed E-state index contributed by atoms with van der Waals surface area (Å²) in [5.41, 5.74) is 5.58. The quantitative estimate of drug-likeness (QED) is 0.789. The molecule has 1 heterocycles. The second kappa shape index (κ2) is 4.68. The minimum atomic E-state index is -4.34. The Hall–Kier alpha value is -1.04. The SMILES string of the molecule is Nc1cc(N2CCSCC2)cc(C(F)(F)F)c1. The molecule has 0 saturated carbocycles. The van der Waals surface area contributed by atoms with E-state index in [1.165, 1.54) is 6.07 Å². The molecule has 0 atom stereocenters. The Morgan fingerprint density at radius 2 is 1.76 bits per heavy atom. The molecule has 2 rings (SSSR count). The summed E-state index contributed by atoms with van der Waals surface area (Å²) < 4.78 is 37.9. The molecule has 0 aliphatic carbocycles. The van der Waals surface area contributed by atoms with Gasteiger partial charge in [-0.15, -0.1) is 0 Å². The maximum atomic E-state index is 12.6. The Bertz CT molecular complexity index is 400. The van der Waals surface area contributed by atoms with Gasteiger partial charge in [-0.2, -0.15) is 24.9 Å². The van der Waals surface area contributed by atoms with E-state index >= 15 is 0 Å². The van der Waals surface area contributed by atoms with E-state index in [0.29, 0.717) is 5.69 Å². The van der Waals surface area contributed by atoms with Crippen molar-refractivity contribution in [3.63, 3.8) is 0 Å². The maximum absolute atomic E-state index is 12.6. The van der Waals surface area contributed by atoms with Crippen LogP contribution < -0.4 is 10.6 Å². The van der Waals surface area contributed by atoms with E-state index in [9.17, 15) is 13.2 Å². The molecule has 0 bridgehead atoms. The van der Waals surface area contributed by atoms with Gasteiger partial charge in [0.2, 0.25) is 0 Å². The van der Waals surface area contributed by atoms with E-state index in [2.05, 4.69) is 0 Å². The second-order valence-corrected chi connectivity index (χ2v) is 5.14. The molecule has 6 heteroatoms. The van der Waals surface area contributed by atoms with Gasteiger partial charge in [0.15, 0.2) is 0 Å². The normalized spacial score (nSPS) is 17.2. The Morgan fingerprint density at radius 3 is 2.35 bits per heavy atom. The lowest BCUT2D eigenvalue weighted by molar-refractivity contribution is -0.137. The summed E-state index contributed by atoms with van der Waals surface area (Å²) in [6, 6.07) is 3.75. The van der Waals surface area contributed by atoms with Gasteiger partial charge in [0.1, 0.15) is 0 Å². The lowest BCUT2D eigenvalue weighted by Gasteiger charge is -2.29. The van der Waals surface area contributed by atoms with Crippen molar-refractivity contribution < 1.29 is 13.2 Å². The highest BCUT2D eigenvalue weighted by Gasteiger charge is 2.31. The minimum Gasteiger partial charge on any atom is -0.399 e. The van der Waals surface area contributed by atoms with Crippen molar-refractivity contribution >= 4 is 23.1 Å².